The Labute approximate surface area is 164 Å². The van der Waals surface area contributed by atoms with Gasteiger partial charge in [0.25, 0.3) is 0 Å². The van der Waals surface area contributed by atoms with Crippen LogP contribution in [-0.4, -0.2) is 44.0 Å². The summed E-state index contributed by atoms with van der Waals surface area (Å²) in [5, 5.41) is 5.41. The van der Waals surface area contributed by atoms with Crippen molar-refractivity contribution in [3.05, 3.63) is 59.4 Å². The molecule has 2 amide bonds. The van der Waals surface area contributed by atoms with E-state index in [1.54, 1.807) is 24.1 Å². The second-order valence-corrected chi connectivity index (χ2v) is 6.48. The molecule has 0 heterocycles. The van der Waals surface area contributed by atoms with Crippen LogP contribution in [0.25, 0.3) is 0 Å². The number of ether oxygens (including phenoxy) is 1. The number of nitrogens with one attached hydrogen (secondary N) is 2. The molecule has 2 aromatic rings. The summed E-state index contributed by atoms with van der Waals surface area (Å²) < 4.78 is 18.6. The molecule has 150 valence electrons. The number of hydrogen-bond donors (Lipinski definition) is 2. The van der Waals surface area contributed by atoms with Gasteiger partial charge in [-0.05, 0) is 42.8 Å². The van der Waals surface area contributed by atoms with Crippen LogP contribution in [0.1, 0.15) is 18.1 Å². The number of anilines is 1. The number of halogens is 1. The summed E-state index contributed by atoms with van der Waals surface area (Å²) in [6.07, 6.45) is 0.805. The molecule has 0 aliphatic heterocycles. The summed E-state index contributed by atoms with van der Waals surface area (Å²) in [4.78, 5) is 25.9. The number of hydrogen-bond acceptors (Lipinski definition) is 4. The van der Waals surface area contributed by atoms with Gasteiger partial charge in [-0.2, -0.15) is 0 Å². The Morgan fingerprint density at radius 2 is 1.89 bits per heavy atom. The minimum atomic E-state index is -0.443. The van der Waals surface area contributed by atoms with E-state index in [-0.39, 0.29) is 30.7 Å². The number of carbonyl (C=O) groups is 2. The molecule has 0 saturated carbocycles. The summed E-state index contributed by atoms with van der Waals surface area (Å²) >= 11 is 0. The molecular formula is C21H26FN3O3. The van der Waals surface area contributed by atoms with Crippen molar-refractivity contribution in [1.29, 1.82) is 0 Å². The van der Waals surface area contributed by atoms with Crippen molar-refractivity contribution in [1.82, 2.24) is 10.2 Å². The SMILES string of the molecule is CCc1ccccc1NC(=O)CNC(=O)CN(C)Cc1ccc(OC)c(F)c1. The van der Waals surface area contributed by atoms with Crippen LogP contribution in [-0.2, 0) is 22.6 Å². The molecule has 0 bridgehead atoms. The van der Waals surface area contributed by atoms with Crippen molar-refractivity contribution >= 4 is 17.5 Å². The van der Waals surface area contributed by atoms with E-state index < -0.39 is 5.82 Å². The van der Waals surface area contributed by atoms with E-state index in [1.165, 1.54) is 13.2 Å². The van der Waals surface area contributed by atoms with Crippen molar-refractivity contribution in [2.45, 2.75) is 19.9 Å². The van der Waals surface area contributed by atoms with Gasteiger partial charge in [0.05, 0.1) is 20.2 Å². The maximum absolute atomic E-state index is 13.7. The fourth-order valence-electron chi connectivity index (χ4n) is 2.80. The third kappa shape index (κ3) is 6.35. The first-order chi connectivity index (χ1) is 13.4. The van der Waals surface area contributed by atoms with E-state index in [0.29, 0.717) is 6.54 Å². The quantitative estimate of drug-likeness (QED) is 0.694. The first kappa shape index (κ1) is 21.4. The van der Waals surface area contributed by atoms with Crippen LogP contribution in [0.3, 0.4) is 0 Å². The summed E-state index contributed by atoms with van der Waals surface area (Å²) in [6.45, 7) is 2.38. The standard InChI is InChI=1S/C21H26FN3O3/c1-4-16-7-5-6-8-18(16)24-20(26)12-23-21(27)14-25(2)13-15-9-10-19(28-3)17(22)11-15/h5-11H,4,12-14H2,1-3H3,(H,23,27)(H,24,26). The minimum absolute atomic E-state index is 0.0898. The topological polar surface area (TPSA) is 70.7 Å². The van der Waals surface area contributed by atoms with E-state index in [2.05, 4.69) is 10.6 Å². The van der Waals surface area contributed by atoms with Crippen molar-refractivity contribution < 1.29 is 18.7 Å². The summed E-state index contributed by atoms with van der Waals surface area (Å²) in [6, 6.07) is 12.2. The zero-order valence-electron chi connectivity index (χ0n) is 16.4. The van der Waals surface area contributed by atoms with E-state index >= 15 is 0 Å². The Bertz CT molecular complexity index is 826. The normalized spacial score (nSPS) is 10.6. The van der Waals surface area contributed by atoms with Gasteiger partial charge in [-0.3, -0.25) is 14.5 Å². The molecular weight excluding hydrogens is 361 g/mol. The number of amides is 2. The molecule has 28 heavy (non-hydrogen) atoms. The fraction of sp³-hybridized carbons (Fsp3) is 0.333. The summed E-state index contributed by atoms with van der Waals surface area (Å²) in [5.41, 5.74) is 2.51. The van der Waals surface area contributed by atoms with E-state index in [9.17, 15) is 14.0 Å². The van der Waals surface area contributed by atoms with Gasteiger partial charge in [-0.25, -0.2) is 4.39 Å². The molecule has 0 aliphatic rings. The number of methoxy groups -OCH3 is 1. The fourth-order valence-corrected chi connectivity index (χ4v) is 2.80. The number of benzene rings is 2. The third-order valence-electron chi connectivity index (χ3n) is 4.20. The summed E-state index contributed by atoms with van der Waals surface area (Å²) in [7, 11) is 3.16. The highest BCUT2D eigenvalue weighted by Gasteiger charge is 2.11. The first-order valence-electron chi connectivity index (χ1n) is 9.08. The third-order valence-corrected chi connectivity index (χ3v) is 4.20. The zero-order valence-corrected chi connectivity index (χ0v) is 16.4. The number of para-hydroxylation sites is 1. The van der Waals surface area contributed by atoms with Crippen molar-refractivity contribution in [2.24, 2.45) is 0 Å². The second kappa shape index (κ2) is 10.4. The molecule has 0 saturated heterocycles. The van der Waals surface area contributed by atoms with Crippen molar-refractivity contribution in [3.63, 3.8) is 0 Å². The van der Waals surface area contributed by atoms with Gasteiger partial charge in [0, 0.05) is 12.2 Å². The number of nitrogens with zero attached hydrogens (tertiary/aromatic N) is 1. The van der Waals surface area contributed by atoms with Gasteiger partial charge >= 0.3 is 0 Å². The Hall–Kier alpha value is -2.93. The highest BCUT2D eigenvalue weighted by atomic mass is 19.1. The van der Waals surface area contributed by atoms with Crippen LogP contribution in [0.15, 0.2) is 42.5 Å². The van der Waals surface area contributed by atoms with Gasteiger partial charge in [0.1, 0.15) is 0 Å². The second-order valence-electron chi connectivity index (χ2n) is 6.48. The molecule has 2 aromatic carbocycles. The molecule has 0 aromatic heterocycles. The largest absolute Gasteiger partial charge is 0.494 e. The lowest BCUT2D eigenvalue weighted by molar-refractivity contribution is -0.124. The molecule has 0 spiro atoms. The molecule has 7 heteroatoms. The number of likely N-dealkylation sites (N-methyl/N-ethyl adjacent to an activating group) is 1. The smallest absolute Gasteiger partial charge is 0.243 e. The van der Waals surface area contributed by atoms with Crippen LogP contribution in [0.5, 0.6) is 5.75 Å². The maximum atomic E-state index is 13.7. The molecule has 0 aliphatic carbocycles. The molecule has 6 nitrogen and oxygen atoms in total. The van der Waals surface area contributed by atoms with Crippen LogP contribution in [0.2, 0.25) is 0 Å². The average molecular weight is 387 g/mol. The van der Waals surface area contributed by atoms with Gasteiger partial charge in [0.2, 0.25) is 11.8 Å². The average Bonchev–Trinajstić information content (AvgIpc) is 2.67. The van der Waals surface area contributed by atoms with E-state index in [0.717, 1.165) is 23.2 Å². The molecule has 0 fully saturated rings. The Kier molecular flexibility index (Phi) is 7.95. The highest BCUT2D eigenvalue weighted by Crippen LogP contribution is 2.18. The highest BCUT2D eigenvalue weighted by molar-refractivity contribution is 5.95. The predicted molar refractivity (Wildman–Crippen MR) is 107 cm³/mol. The van der Waals surface area contributed by atoms with Gasteiger partial charge in [-0.1, -0.05) is 31.2 Å². The number of rotatable bonds is 9. The lowest BCUT2D eigenvalue weighted by Gasteiger charge is -2.17. The summed E-state index contributed by atoms with van der Waals surface area (Å²) in [5.74, 6) is -0.828. The Morgan fingerprint density at radius 3 is 2.57 bits per heavy atom. The molecule has 0 unspecified atom stereocenters. The Morgan fingerprint density at radius 1 is 1.14 bits per heavy atom. The first-order valence-corrected chi connectivity index (χ1v) is 9.08. The van der Waals surface area contributed by atoms with Crippen LogP contribution < -0.4 is 15.4 Å². The monoisotopic (exact) mass is 387 g/mol. The van der Waals surface area contributed by atoms with Crippen LogP contribution in [0, 0.1) is 5.82 Å². The van der Waals surface area contributed by atoms with Gasteiger partial charge in [0.15, 0.2) is 11.6 Å². The maximum Gasteiger partial charge on any atom is 0.243 e. The molecule has 0 atom stereocenters. The molecule has 2 rings (SSSR count). The lowest BCUT2D eigenvalue weighted by atomic mass is 10.1. The van der Waals surface area contributed by atoms with E-state index in [1.807, 2.05) is 31.2 Å². The van der Waals surface area contributed by atoms with Crippen LogP contribution in [0.4, 0.5) is 10.1 Å². The molecule has 2 N–H and O–H groups in total. The number of aryl methyl sites for hydroxylation is 1. The predicted octanol–water partition coefficient (Wildman–Crippen LogP) is 2.58. The van der Waals surface area contributed by atoms with Crippen LogP contribution >= 0.6 is 0 Å². The van der Waals surface area contributed by atoms with Gasteiger partial charge in [-0.15, -0.1) is 0 Å². The van der Waals surface area contributed by atoms with Crippen molar-refractivity contribution in [3.8, 4) is 5.75 Å². The Balaban J connectivity index is 1.78. The minimum Gasteiger partial charge on any atom is -0.494 e. The van der Waals surface area contributed by atoms with Gasteiger partial charge < -0.3 is 15.4 Å². The lowest BCUT2D eigenvalue weighted by Crippen LogP contribution is -2.39. The number of carbonyl (C=O) groups excluding carboxylic acids is 2. The zero-order chi connectivity index (χ0) is 20.5. The van der Waals surface area contributed by atoms with E-state index in [4.69, 9.17) is 4.74 Å². The van der Waals surface area contributed by atoms with Crippen molar-refractivity contribution in [2.75, 3.05) is 32.6 Å². The molecule has 0 radical (unpaired) electrons.